The Morgan fingerprint density at radius 3 is 2.17 bits per heavy atom. The Morgan fingerprint density at radius 1 is 0.897 bits per heavy atom. The molecule has 1 amide bonds. The molecule has 0 aliphatic rings. The summed E-state index contributed by atoms with van der Waals surface area (Å²) >= 11 is 12.1. The minimum absolute atomic E-state index is 0.0756. The Kier molecular flexibility index (Phi) is 6.92. The van der Waals surface area contributed by atoms with Crippen LogP contribution in [-0.4, -0.2) is 20.4 Å². The maximum atomic E-state index is 12.9. The normalized spacial score (nSPS) is 12.3. The van der Waals surface area contributed by atoms with Crippen LogP contribution < -0.4 is 10.0 Å². The average Bonchev–Trinajstić information content (AvgIpc) is 2.71. The number of amides is 1. The van der Waals surface area contributed by atoms with Gasteiger partial charge in [0.1, 0.15) is 6.04 Å². The smallest absolute Gasteiger partial charge is 0.242 e. The second-order valence-corrected chi connectivity index (χ2v) is 8.85. The van der Waals surface area contributed by atoms with E-state index in [0.717, 1.165) is 5.56 Å². The van der Waals surface area contributed by atoms with Gasteiger partial charge in [-0.05, 0) is 42.3 Å². The van der Waals surface area contributed by atoms with Gasteiger partial charge in [-0.2, -0.15) is 4.72 Å². The summed E-state index contributed by atoms with van der Waals surface area (Å²) in [5, 5.41) is 3.36. The summed E-state index contributed by atoms with van der Waals surface area (Å²) in [6, 6.07) is 20.6. The van der Waals surface area contributed by atoms with Crippen molar-refractivity contribution >= 4 is 44.8 Å². The van der Waals surface area contributed by atoms with E-state index < -0.39 is 22.0 Å². The number of halogens is 2. The predicted octanol–water partition coefficient (Wildman–Crippen LogP) is 4.52. The van der Waals surface area contributed by atoms with Gasteiger partial charge in [-0.3, -0.25) is 4.79 Å². The van der Waals surface area contributed by atoms with Crippen molar-refractivity contribution in [2.24, 2.45) is 0 Å². The first-order valence-electron chi connectivity index (χ1n) is 8.72. The Hall–Kier alpha value is -2.38. The molecule has 0 saturated carbocycles. The van der Waals surface area contributed by atoms with Crippen LogP contribution in [0.3, 0.4) is 0 Å². The van der Waals surface area contributed by atoms with Crippen LogP contribution >= 0.6 is 23.2 Å². The lowest BCUT2D eigenvalue weighted by molar-refractivity contribution is -0.117. The fraction of sp³-hybridized carbons (Fsp3) is 0.0952. The lowest BCUT2D eigenvalue weighted by atomic mass is 10.1. The van der Waals surface area contributed by atoms with E-state index in [2.05, 4.69) is 10.0 Å². The highest BCUT2D eigenvalue weighted by Crippen LogP contribution is 2.25. The van der Waals surface area contributed by atoms with Crippen molar-refractivity contribution in [3.63, 3.8) is 0 Å². The van der Waals surface area contributed by atoms with Gasteiger partial charge in [-0.1, -0.05) is 71.7 Å². The predicted molar refractivity (Wildman–Crippen MR) is 116 cm³/mol. The van der Waals surface area contributed by atoms with Crippen molar-refractivity contribution in [2.75, 3.05) is 5.32 Å². The van der Waals surface area contributed by atoms with Crippen LogP contribution in [0.1, 0.15) is 5.56 Å². The Labute approximate surface area is 179 Å². The molecule has 0 spiro atoms. The molecule has 0 radical (unpaired) electrons. The van der Waals surface area contributed by atoms with Gasteiger partial charge in [-0.15, -0.1) is 0 Å². The molecule has 0 aliphatic heterocycles. The highest BCUT2D eigenvalue weighted by atomic mass is 35.5. The third-order valence-corrected chi connectivity index (χ3v) is 6.19. The molecule has 0 aliphatic carbocycles. The number of nitrogens with one attached hydrogen (secondary N) is 2. The lowest BCUT2D eigenvalue weighted by Gasteiger charge is -2.19. The maximum Gasteiger partial charge on any atom is 0.242 e. The number of carbonyl (C=O) groups is 1. The number of hydrogen-bond donors (Lipinski definition) is 2. The second-order valence-electron chi connectivity index (χ2n) is 6.29. The van der Waals surface area contributed by atoms with Gasteiger partial charge in [0.15, 0.2) is 0 Å². The number of hydrogen-bond acceptors (Lipinski definition) is 3. The second kappa shape index (κ2) is 9.41. The summed E-state index contributed by atoms with van der Waals surface area (Å²) in [5.41, 5.74) is 1.11. The monoisotopic (exact) mass is 448 g/mol. The molecule has 8 heteroatoms. The summed E-state index contributed by atoms with van der Waals surface area (Å²) in [6.45, 7) is 0. The summed E-state index contributed by atoms with van der Waals surface area (Å²) in [7, 11) is -3.91. The van der Waals surface area contributed by atoms with E-state index in [1.165, 1.54) is 18.2 Å². The quantitative estimate of drug-likeness (QED) is 0.557. The van der Waals surface area contributed by atoms with Crippen LogP contribution in [0.2, 0.25) is 10.0 Å². The number of sulfonamides is 1. The van der Waals surface area contributed by atoms with E-state index >= 15 is 0 Å². The first-order valence-corrected chi connectivity index (χ1v) is 11.0. The van der Waals surface area contributed by atoms with Crippen molar-refractivity contribution in [1.82, 2.24) is 4.72 Å². The first kappa shape index (κ1) is 21.3. The van der Waals surface area contributed by atoms with Crippen LogP contribution in [0.15, 0.2) is 83.8 Å². The standard InChI is InChI=1S/C21H18Cl2N2O3S/c22-16-11-12-18(23)19(14-16)24-21(26)20(13-15-7-3-1-4-8-15)25-29(27,28)17-9-5-2-6-10-17/h1-12,14,20,25H,13H2,(H,24,26)/t20-/m0/s1. The zero-order valence-corrected chi connectivity index (χ0v) is 17.5. The zero-order valence-electron chi connectivity index (χ0n) is 15.2. The molecule has 3 rings (SSSR count). The number of rotatable bonds is 7. The van der Waals surface area contributed by atoms with Crippen molar-refractivity contribution in [3.05, 3.63) is 94.5 Å². The highest BCUT2D eigenvalue weighted by molar-refractivity contribution is 7.89. The molecule has 0 aromatic heterocycles. The first-order chi connectivity index (χ1) is 13.8. The minimum Gasteiger partial charge on any atom is -0.323 e. The molecule has 0 fully saturated rings. The largest absolute Gasteiger partial charge is 0.323 e. The molecule has 29 heavy (non-hydrogen) atoms. The van der Waals surface area contributed by atoms with E-state index in [1.807, 2.05) is 30.3 Å². The van der Waals surface area contributed by atoms with Crippen LogP contribution in [0.4, 0.5) is 5.69 Å². The Morgan fingerprint density at radius 2 is 1.52 bits per heavy atom. The van der Waals surface area contributed by atoms with Crippen LogP contribution in [-0.2, 0) is 21.2 Å². The molecular formula is C21H18Cl2N2O3S. The number of carbonyl (C=O) groups excluding carboxylic acids is 1. The van der Waals surface area contributed by atoms with Crippen LogP contribution in [0.5, 0.6) is 0 Å². The summed E-state index contributed by atoms with van der Waals surface area (Å²) in [4.78, 5) is 13.0. The van der Waals surface area contributed by atoms with E-state index in [0.29, 0.717) is 15.7 Å². The van der Waals surface area contributed by atoms with Gasteiger partial charge in [0, 0.05) is 5.02 Å². The van der Waals surface area contributed by atoms with Crippen LogP contribution in [0.25, 0.3) is 0 Å². The summed E-state index contributed by atoms with van der Waals surface area (Å²) in [5.74, 6) is -0.544. The van der Waals surface area contributed by atoms with Gasteiger partial charge < -0.3 is 5.32 Å². The Bertz CT molecular complexity index is 1090. The maximum absolute atomic E-state index is 12.9. The molecule has 5 nitrogen and oxygen atoms in total. The van der Waals surface area contributed by atoms with Gasteiger partial charge in [0.05, 0.1) is 15.6 Å². The van der Waals surface area contributed by atoms with Crippen molar-refractivity contribution in [3.8, 4) is 0 Å². The summed E-state index contributed by atoms with van der Waals surface area (Å²) < 4.78 is 28.0. The van der Waals surface area contributed by atoms with Gasteiger partial charge in [0.25, 0.3) is 0 Å². The molecule has 1 atom stereocenters. The van der Waals surface area contributed by atoms with Gasteiger partial charge >= 0.3 is 0 Å². The van der Waals surface area contributed by atoms with Crippen LogP contribution in [0, 0.1) is 0 Å². The fourth-order valence-electron chi connectivity index (χ4n) is 2.71. The molecule has 0 heterocycles. The van der Waals surface area contributed by atoms with Gasteiger partial charge in [-0.25, -0.2) is 8.42 Å². The molecule has 3 aromatic carbocycles. The van der Waals surface area contributed by atoms with Gasteiger partial charge in [0.2, 0.25) is 15.9 Å². The zero-order chi connectivity index (χ0) is 20.9. The highest BCUT2D eigenvalue weighted by Gasteiger charge is 2.26. The number of benzene rings is 3. The van der Waals surface area contributed by atoms with E-state index in [4.69, 9.17) is 23.2 Å². The lowest BCUT2D eigenvalue weighted by Crippen LogP contribution is -2.45. The topological polar surface area (TPSA) is 75.3 Å². The Balaban J connectivity index is 1.88. The molecule has 3 aromatic rings. The third-order valence-electron chi connectivity index (χ3n) is 4.14. The molecular weight excluding hydrogens is 431 g/mol. The third kappa shape index (κ3) is 5.81. The summed E-state index contributed by atoms with van der Waals surface area (Å²) in [6.07, 6.45) is 0.164. The fourth-order valence-corrected chi connectivity index (χ4v) is 4.26. The average molecular weight is 449 g/mol. The van der Waals surface area contributed by atoms with Crippen molar-refractivity contribution < 1.29 is 13.2 Å². The van der Waals surface area contributed by atoms with Crippen molar-refractivity contribution in [1.29, 1.82) is 0 Å². The minimum atomic E-state index is -3.91. The molecule has 150 valence electrons. The van der Waals surface area contributed by atoms with E-state index in [1.54, 1.807) is 30.3 Å². The molecule has 0 unspecified atom stereocenters. The van der Waals surface area contributed by atoms with E-state index in [9.17, 15) is 13.2 Å². The van der Waals surface area contributed by atoms with E-state index in [-0.39, 0.29) is 11.3 Å². The molecule has 2 N–H and O–H groups in total. The molecule has 0 bridgehead atoms. The van der Waals surface area contributed by atoms with Crippen molar-refractivity contribution in [2.45, 2.75) is 17.4 Å². The molecule has 0 saturated heterocycles. The number of anilines is 1. The SMILES string of the molecule is O=C(Nc1cc(Cl)ccc1Cl)[C@H](Cc1ccccc1)NS(=O)(=O)c1ccccc1.